The van der Waals surface area contributed by atoms with Crippen LogP contribution in [0.1, 0.15) is 106 Å². The Labute approximate surface area is 201 Å². The van der Waals surface area contributed by atoms with Gasteiger partial charge in [0.05, 0.1) is 12.7 Å². The molecule has 0 aliphatic heterocycles. The first kappa shape index (κ1) is 24.0. The van der Waals surface area contributed by atoms with E-state index in [0.29, 0.717) is 24.0 Å². The van der Waals surface area contributed by atoms with E-state index in [1.807, 2.05) is 0 Å². The van der Waals surface area contributed by atoms with Gasteiger partial charge in [-0.2, -0.15) is 0 Å². The standard InChI is InChI=1S/C30H48O3/c1-25(2)14-15-30(18-31)20(16-25)19-8-9-22-27(5)12-11-23(32)26(3,4)21(27)10-13-28(22,6)29(19,7)17-24(30)33/h8,20-22,24,31,33H,9-18H2,1-7H3/t20?,21?,22?,24-,27-,28+,29+,30+/m0/s1. The van der Waals surface area contributed by atoms with Gasteiger partial charge in [-0.25, -0.2) is 0 Å². The van der Waals surface area contributed by atoms with E-state index in [1.54, 1.807) is 5.57 Å². The van der Waals surface area contributed by atoms with Gasteiger partial charge in [0.25, 0.3) is 0 Å². The number of Topliss-reactive ketones (excluding diaryl/α,β-unsaturated/α-hetero) is 1. The first-order valence-electron chi connectivity index (χ1n) is 13.7. The summed E-state index contributed by atoms with van der Waals surface area (Å²) in [6.45, 7) is 16.7. The first-order chi connectivity index (χ1) is 15.2. The van der Waals surface area contributed by atoms with Crippen molar-refractivity contribution >= 4 is 5.78 Å². The molecule has 4 saturated carbocycles. The van der Waals surface area contributed by atoms with E-state index in [1.165, 1.54) is 0 Å². The lowest BCUT2D eigenvalue weighted by atomic mass is 9.33. The number of hydrogen-bond acceptors (Lipinski definition) is 3. The highest BCUT2D eigenvalue weighted by molar-refractivity contribution is 5.85. The van der Waals surface area contributed by atoms with Crippen LogP contribution in [0, 0.1) is 50.2 Å². The average Bonchev–Trinajstić information content (AvgIpc) is 2.71. The van der Waals surface area contributed by atoms with Crippen LogP contribution in [-0.2, 0) is 4.79 Å². The maximum absolute atomic E-state index is 12.9. The summed E-state index contributed by atoms with van der Waals surface area (Å²) in [6, 6.07) is 0. The number of allylic oxidation sites excluding steroid dienone is 2. The van der Waals surface area contributed by atoms with Gasteiger partial charge in [-0.15, -0.1) is 0 Å². The van der Waals surface area contributed by atoms with Crippen molar-refractivity contribution in [2.45, 2.75) is 112 Å². The first-order valence-corrected chi connectivity index (χ1v) is 13.7. The fourth-order valence-corrected chi connectivity index (χ4v) is 10.5. The molecule has 0 heterocycles. The second kappa shape index (κ2) is 6.96. The number of rotatable bonds is 1. The molecule has 8 atom stereocenters. The molecule has 0 aromatic heterocycles. The van der Waals surface area contributed by atoms with E-state index >= 15 is 0 Å². The predicted molar refractivity (Wildman–Crippen MR) is 133 cm³/mol. The Hall–Kier alpha value is -0.670. The molecule has 0 aromatic carbocycles. The van der Waals surface area contributed by atoms with Crippen molar-refractivity contribution in [3.8, 4) is 0 Å². The Balaban J connectivity index is 1.62. The number of carbonyl (C=O) groups excluding carboxylic acids is 1. The Bertz CT molecular complexity index is 885. The van der Waals surface area contributed by atoms with Crippen LogP contribution in [0.4, 0.5) is 0 Å². The SMILES string of the molecule is CC1(C)CC[C@@]2(CO)C(C1)C1=CCC3[C@@]4(C)CCC(=O)C(C)(C)C4CC[C@@]3(C)[C@]1(C)C[C@@H]2O. The molecule has 0 amide bonds. The molecule has 5 aliphatic carbocycles. The smallest absolute Gasteiger partial charge is 0.138 e. The Kier molecular flexibility index (Phi) is 5.07. The molecule has 3 heteroatoms. The van der Waals surface area contributed by atoms with Crippen molar-refractivity contribution in [3.63, 3.8) is 0 Å². The molecule has 4 fully saturated rings. The number of carbonyl (C=O) groups is 1. The molecular weight excluding hydrogens is 408 g/mol. The highest BCUT2D eigenvalue weighted by Crippen LogP contribution is 2.75. The number of hydrogen-bond donors (Lipinski definition) is 2. The van der Waals surface area contributed by atoms with E-state index in [2.05, 4.69) is 54.5 Å². The topological polar surface area (TPSA) is 57.5 Å². The zero-order valence-corrected chi connectivity index (χ0v) is 22.3. The number of aliphatic hydroxyl groups excluding tert-OH is 2. The maximum Gasteiger partial charge on any atom is 0.138 e. The molecule has 3 nitrogen and oxygen atoms in total. The van der Waals surface area contributed by atoms with Crippen molar-refractivity contribution in [2.75, 3.05) is 6.61 Å². The lowest BCUT2D eigenvalue weighted by Crippen LogP contribution is -2.66. The fourth-order valence-electron chi connectivity index (χ4n) is 10.5. The van der Waals surface area contributed by atoms with Crippen molar-refractivity contribution in [3.05, 3.63) is 11.6 Å². The maximum atomic E-state index is 12.9. The molecule has 5 rings (SSSR count). The third-order valence-corrected chi connectivity index (χ3v) is 12.9. The largest absolute Gasteiger partial charge is 0.396 e. The molecule has 186 valence electrons. The number of aliphatic hydroxyl groups is 2. The van der Waals surface area contributed by atoms with E-state index < -0.39 is 6.10 Å². The van der Waals surface area contributed by atoms with Crippen LogP contribution in [0.3, 0.4) is 0 Å². The van der Waals surface area contributed by atoms with E-state index in [-0.39, 0.29) is 45.0 Å². The second-order valence-electron chi connectivity index (χ2n) is 15.0. The van der Waals surface area contributed by atoms with Gasteiger partial charge < -0.3 is 10.2 Å². The third kappa shape index (κ3) is 2.85. The van der Waals surface area contributed by atoms with Crippen molar-refractivity contribution in [1.29, 1.82) is 0 Å². The number of fused-ring (bicyclic) bond motifs is 7. The Morgan fingerprint density at radius 3 is 2.30 bits per heavy atom. The van der Waals surface area contributed by atoms with Gasteiger partial charge in [0.2, 0.25) is 0 Å². The van der Waals surface area contributed by atoms with Gasteiger partial charge in [0.1, 0.15) is 5.78 Å². The molecular formula is C30H48O3. The fraction of sp³-hybridized carbons (Fsp3) is 0.900. The van der Waals surface area contributed by atoms with Crippen LogP contribution in [0.5, 0.6) is 0 Å². The molecule has 0 saturated heterocycles. The molecule has 2 N–H and O–H groups in total. The molecule has 0 spiro atoms. The van der Waals surface area contributed by atoms with Gasteiger partial charge in [0.15, 0.2) is 0 Å². The van der Waals surface area contributed by atoms with Crippen LogP contribution in [0.25, 0.3) is 0 Å². The van der Waals surface area contributed by atoms with Crippen molar-refractivity contribution in [1.82, 2.24) is 0 Å². The summed E-state index contributed by atoms with van der Waals surface area (Å²) < 4.78 is 0. The predicted octanol–water partition coefficient (Wildman–Crippen LogP) is 6.32. The summed E-state index contributed by atoms with van der Waals surface area (Å²) in [5, 5.41) is 22.4. The minimum atomic E-state index is -0.448. The Morgan fingerprint density at radius 2 is 1.64 bits per heavy atom. The summed E-state index contributed by atoms with van der Waals surface area (Å²) >= 11 is 0. The Morgan fingerprint density at radius 1 is 0.939 bits per heavy atom. The quantitative estimate of drug-likeness (QED) is 0.454. The molecule has 0 bridgehead atoms. The van der Waals surface area contributed by atoms with E-state index in [9.17, 15) is 15.0 Å². The summed E-state index contributed by atoms with van der Waals surface area (Å²) in [6.07, 6.45) is 11.0. The minimum absolute atomic E-state index is 0.0499. The zero-order chi connectivity index (χ0) is 24.2. The molecule has 0 aromatic rings. The summed E-state index contributed by atoms with van der Waals surface area (Å²) in [5.74, 6) is 1.71. The van der Waals surface area contributed by atoms with Gasteiger partial charge in [-0.1, -0.05) is 60.1 Å². The van der Waals surface area contributed by atoms with Crippen LogP contribution in [-0.4, -0.2) is 28.7 Å². The van der Waals surface area contributed by atoms with E-state index in [0.717, 1.165) is 51.4 Å². The van der Waals surface area contributed by atoms with Crippen molar-refractivity contribution in [2.24, 2.45) is 50.2 Å². The molecule has 5 aliphatic rings. The molecule has 3 unspecified atom stereocenters. The van der Waals surface area contributed by atoms with Gasteiger partial charge >= 0.3 is 0 Å². The zero-order valence-electron chi connectivity index (χ0n) is 22.3. The highest BCUT2D eigenvalue weighted by Gasteiger charge is 2.69. The van der Waals surface area contributed by atoms with E-state index in [4.69, 9.17) is 0 Å². The van der Waals surface area contributed by atoms with Crippen LogP contribution < -0.4 is 0 Å². The normalized spacial score (nSPS) is 52.6. The minimum Gasteiger partial charge on any atom is -0.396 e. The lowest BCUT2D eigenvalue weighted by Gasteiger charge is -2.71. The van der Waals surface area contributed by atoms with Crippen LogP contribution in [0.15, 0.2) is 11.6 Å². The summed E-state index contributed by atoms with van der Waals surface area (Å²) in [7, 11) is 0. The third-order valence-electron chi connectivity index (χ3n) is 12.9. The second-order valence-corrected chi connectivity index (χ2v) is 15.0. The highest BCUT2D eigenvalue weighted by atomic mass is 16.3. The average molecular weight is 457 g/mol. The van der Waals surface area contributed by atoms with Gasteiger partial charge in [-0.3, -0.25) is 4.79 Å². The molecule has 0 radical (unpaired) electrons. The number of ketones is 1. The van der Waals surface area contributed by atoms with Crippen LogP contribution >= 0.6 is 0 Å². The van der Waals surface area contributed by atoms with Crippen LogP contribution in [0.2, 0.25) is 0 Å². The summed E-state index contributed by atoms with van der Waals surface area (Å²) in [4.78, 5) is 12.9. The summed E-state index contributed by atoms with van der Waals surface area (Å²) in [5.41, 5.74) is 1.43. The lowest BCUT2D eigenvalue weighted by molar-refractivity contribution is -0.204. The van der Waals surface area contributed by atoms with Gasteiger partial charge in [-0.05, 0) is 90.8 Å². The van der Waals surface area contributed by atoms with Gasteiger partial charge in [0, 0.05) is 17.3 Å². The monoisotopic (exact) mass is 456 g/mol. The van der Waals surface area contributed by atoms with Crippen molar-refractivity contribution < 1.29 is 15.0 Å². The molecule has 33 heavy (non-hydrogen) atoms.